The Kier molecular flexibility index (Phi) is 12.2. The minimum Gasteiger partial charge on any atom is -0.446 e. The van der Waals surface area contributed by atoms with Crippen LogP contribution in [0.2, 0.25) is 0 Å². The molecule has 3 amide bonds. The van der Waals surface area contributed by atoms with E-state index >= 15 is 0 Å². The summed E-state index contributed by atoms with van der Waals surface area (Å²) in [6.45, 7) is 8.75. The van der Waals surface area contributed by atoms with Crippen LogP contribution >= 0.6 is 0 Å². The van der Waals surface area contributed by atoms with Gasteiger partial charge in [-0.25, -0.2) is 15.0 Å². The van der Waals surface area contributed by atoms with Crippen LogP contribution in [-0.4, -0.2) is 35.3 Å². The second-order valence-corrected chi connectivity index (χ2v) is 6.21. The van der Waals surface area contributed by atoms with Gasteiger partial charge in [0.1, 0.15) is 0 Å². The third-order valence-electron chi connectivity index (χ3n) is 2.98. The maximum absolute atomic E-state index is 12.3. The first-order valence-electron chi connectivity index (χ1n) is 8.93. The van der Waals surface area contributed by atoms with Crippen molar-refractivity contribution in [2.75, 3.05) is 0 Å². The summed E-state index contributed by atoms with van der Waals surface area (Å²) >= 11 is 0. The fourth-order valence-corrected chi connectivity index (χ4v) is 1.91. The highest BCUT2D eigenvalue weighted by Gasteiger charge is 2.26. The van der Waals surface area contributed by atoms with Crippen LogP contribution in [0.1, 0.15) is 73.1 Å². The Bertz CT molecular complexity index is 447. The summed E-state index contributed by atoms with van der Waals surface area (Å²) in [4.78, 5) is 36.0. The molecule has 1 N–H and O–H groups in total. The minimum absolute atomic E-state index is 0.145. The van der Waals surface area contributed by atoms with Crippen molar-refractivity contribution < 1.29 is 23.9 Å². The van der Waals surface area contributed by atoms with Gasteiger partial charge in [-0.3, -0.25) is 4.79 Å². The molecule has 144 valence electrons. The number of hydrazine groups is 1. The number of hydrogen-bond donors (Lipinski definition) is 1. The summed E-state index contributed by atoms with van der Waals surface area (Å²) in [7, 11) is 0. The molecule has 25 heavy (non-hydrogen) atoms. The molecule has 0 aliphatic rings. The first-order valence-corrected chi connectivity index (χ1v) is 8.93. The van der Waals surface area contributed by atoms with E-state index < -0.39 is 24.2 Å². The number of nitrogens with zero attached hydrogens (tertiary/aromatic N) is 1. The summed E-state index contributed by atoms with van der Waals surface area (Å²) in [5, 5.41) is 0.599. The van der Waals surface area contributed by atoms with Crippen LogP contribution in [0.5, 0.6) is 0 Å². The van der Waals surface area contributed by atoms with E-state index in [-0.39, 0.29) is 12.5 Å². The van der Waals surface area contributed by atoms with E-state index in [0.717, 1.165) is 25.7 Å². The molecule has 0 fully saturated rings. The molecule has 0 atom stereocenters. The highest BCUT2D eigenvalue weighted by Crippen LogP contribution is 2.07. The standard InChI is InChI=1S/C18H32N2O5/c1-6-7-8-9-10-11-12-13-16(21)20(18(23)25-15(4)5)19-17(22)24-14(2)3/h7-8,14-15H,6,9-13H2,1-5H3,(H,19,22)/b8-7-. The lowest BCUT2D eigenvalue weighted by molar-refractivity contribution is -0.132. The van der Waals surface area contributed by atoms with Crippen molar-refractivity contribution >= 4 is 18.1 Å². The van der Waals surface area contributed by atoms with Crippen LogP contribution in [0.15, 0.2) is 12.2 Å². The summed E-state index contributed by atoms with van der Waals surface area (Å²) in [5.74, 6) is -0.518. The quantitative estimate of drug-likeness (QED) is 0.378. The lowest BCUT2D eigenvalue weighted by atomic mass is 10.1. The van der Waals surface area contributed by atoms with E-state index in [4.69, 9.17) is 9.47 Å². The zero-order valence-corrected chi connectivity index (χ0v) is 16.0. The highest BCUT2D eigenvalue weighted by atomic mass is 16.6. The average molecular weight is 356 g/mol. The normalized spacial score (nSPS) is 11.0. The molecular formula is C18H32N2O5. The molecule has 0 aliphatic heterocycles. The smallest absolute Gasteiger partial charge is 0.436 e. The number of nitrogens with one attached hydrogen (secondary N) is 1. The lowest BCUT2D eigenvalue weighted by Gasteiger charge is -2.22. The van der Waals surface area contributed by atoms with E-state index in [2.05, 4.69) is 24.5 Å². The molecule has 0 spiro atoms. The molecule has 7 heteroatoms. The van der Waals surface area contributed by atoms with Crippen LogP contribution in [0, 0.1) is 0 Å². The Balaban J connectivity index is 4.52. The van der Waals surface area contributed by atoms with Gasteiger partial charge < -0.3 is 9.47 Å². The SMILES string of the molecule is CC/C=C\CCCCCC(=O)N(NC(=O)OC(C)C)C(=O)OC(C)C. The molecule has 0 aromatic rings. The fourth-order valence-electron chi connectivity index (χ4n) is 1.91. The van der Waals surface area contributed by atoms with Crippen molar-refractivity contribution in [3.63, 3.8) is 0 Å². The zero-order valence-electron chi connectivity index (χ0n) is 16.0. The monoisotopic (exact) mass is 356 g/mol. The van der Waals surface area contributed by atoms with E-state index in [1.807, 2.05) is 0 Å². The van der Waals surface area contributed by atoms with Crippen LogP contribution in [-0.2, 0) is 14.3 Å². The number of rotatable bonds is 9. The Morgan fingerprint density at radius 1 is 0.960 bits per heavy atom. The molecule has 0 aromatic heterocycles. The topological polar surface area (TPSA) is 84.9 Å². The van der Waals surface area contributed by atoms with Crippen molar-refractivity contribution in [2.45, 2.75) is 85.4 Å². The zero-order chi connectivity index (χ0) is 19.2. The van der Waals surface area contributed by atoms with E-state index in [1.54, 1.807) is 27.7 Å². The minimum atomic E-state index is -0.911. The number of allylic oxidation sites excluding steroid dienone is 2. The summed E-state index contributed by atoms with van der Waals surface area (Å²) < 4.78 is 9.91. The lowest BCUT2D eigenvalue weighted by Crippen LogP contribution is -2.51. The van der Waals surface area contributed by atoms with Crippen LogP contribution in [0.25, 0.3) is 0 Å². The number of carbonyl (C=O) groups excluding carboxylic acids is 3. The Labute approximate surface area is 150 Å². The molecule has 0 saturated carbocycles. The number of carbonyl (C=O) groups is 3. The molecule has 0 aliphatic carbocycles. The van der Waals surface area contributed by atoms with Crippen LogP contribution in [0.4, 0.5) is 9.59 Å². The van der Waals surface area contributed by atoms with Gasteiger partial charge in [0.15, 0.2) is 0 Å². The Morgan fingerprint density at radius 2 is 1.60 bits per heavy atom. The van der Waals surface area contributed by atoms with E-state index in [9.17, 15) is 14.4 Å². The van der Waals surface area contributed by atoms with E-state index in [0.29, 0.717) is 11.4 Å². The van der Waals surface area contributed by atoms with Gasteiger partial charge in [-0.05, 0) is 53.4 Å². The van der Waals surface area contributed by atoms with Gasteiger partial charge in [-0.1, -0.05) is 25.5 Å². The summed E-state index contributed by atoms with van der Waals surface area (Å²) in [6.07, 6.45) is 6.29. The third kappa shape index (κ3) is 12.0. The maximum Gasteiger partial charge on any atom is 0.436 e. The summed E-state index contributed by atoms with van der Waals surface area (Å²) in [6, 6.07) is 0. The van der Waals surface area contributed by atoms with Crippen LogP contribution in [0.3, 0.4) is 0 Å². The molecule has 0 aromatic carbocycles. The first kappa shape index (κ1) is 22.9. The molecular weight excluding hydrogens is 324 g/mol. The predicted molar refractivity (Wildman–Crippen MR) is 95.7 cm³/mol. The van der Waals surface area contributed by atoms with Gasteiger partial charge in [0, 0.05) is 6.42 Å². The average Bonchev–Trinajstić information content (AvgIpc) is 2.50. The van der Waals surface area contributed by atoms with Gasteiger partial charge in [-0.2, -0.15) is 0 Å². The molecule has 0 unspecified atom stereocenters. The molecule has 0 saturated heterocycles. The van der Waals surface area contributed by atoms with Crippen molar-refractivity contribution in [1.82, 2.24) is 10.4 Å². The predicted octanol–water partition coefficient (Wildman–Crippen LogP) is 4.33. The third-order valence-corrected chi connectivity index (χ3v) is 2.98. The van der Waals surface area contributed by atoms with Crippen molar-refractivity contribution in [3.05, 3.63) is 12.2 Å². The molecule has 0 rings (SSSR count). The number of unbranched alkanes of at least 4 members (excludes halogenated alkanes) is 3. The fraction of sp³-hybridized carbons (Fsp3) is 0.722. The second kappa shape index (κ2) is 13.3. The molecule has 0 bridgehead atoms. The largest absolute Gasteiger partial charge is 0.446 e. The van der Waals surface area contributed by atoms with Crippen LogP contribution < -0.4 is 5.43 Å². The van der Waals surface area contributed by atoms with Crippen molar-refractivity contribution in [3.8, 4) is 0 Å². The highest BCUT2D eigenvalue weighted by molar-refractivity contribution is 5.93. The Hall–Kier alpha value is -2.05. The van der Waals surface area contributed by atoms with Gasteiger partial charge in [0.2, 0.25) is 0 Å². The Morgan fingerprint density at radius 3 is 2.16 bits per heavy atom. The summed E-state index contributed by atoms with van der Waals surface area (Å²) in [5.41, 5.74) is 2.16. The number of amides is 3. The number of hydrogen-bond acceptors (Lipinski definition) is 5. The maximum atomic E-state index is 12.3. The van der Waals surface area contributed by atoms with Crippen molar-refractivity contribution in [2.24, 2.45) is 0 Å². The number of ether oxygens (including phenoxy) is 2. The van der Waals surface area contributed by atoms with Crippen molar-refractivity contribution in [1.29, 1.82) is 0 Å². The van der Waals surface area contributed by atoms with Gasteiger partial charge >= 0.3 is 12.2 Å². The second-order valence-electron chi connectivity index (χ2n) is 6.21. The van der Waals surface area contributed by atoms with Gasteiger partial charge in [-0.15, -0.1) is 5.01 Å². The number of imide groups is 1. The van der Waals surface area contributed by atoms with E-state index in [1.165, 1.54) is 0 Å². The molecule has 0 heterocycles. The molecule has 0 radical (unpaired) electrons. The van der Waals surface area contributed by atoms with Gasteiger partial charge in [0.05, 0.1) is 12.2 Å². The molecule has 7 nitrogen and oxygen atoms in total. The van der Waals surface area contributed by atoms with Gasteiger partial charge in [0.25, 0.3) is 5.91 Å². The first-order chi connectivity index (χ1) is 11.8.